The molecule has 2 aromatic carbocycles. The molecule has 0 bridgehead atoms. The molecule has 0 amide bonds. The summed E-state index contributed by atoms with van der Waals surface area (Å²) in [6.07, 6.45) is 0. The summed E-state index contributed by atoms with van der Waals surface area (Å²) in [6.45, 7) is -2.34. The van der Waals surface area contributed by atoms with Gasteiger partial charge in [-0.25, -0.2) is 4.39 Å². The molecular formula is C16H15F3N2OS. The molecule has 23 heavy (non-hydrogen) atoms. The molecule has 122 valence electrons. The fourth-order valence-corrected chi connectivity index (χ4v) is 2.06. The lowest BCUT2D eigenvalue weighted by molar-refractivity contribution is -0.0498. The van der Waals surface area contributed by atoms with E-state index in [2.05, 4.69) is 10.1 Å². The van der Waals surface area contributed by atoms with Gasteiger partial charge in [0.2, 0.25) is 0 Å². The van der Waals surface area contributed by atoms with E-state index in [1.807, 2.05) is 0 Å². The molecule has 0 saturated carbocycles. The molecule has 1 N–H and O–H groups in total. The number of hydrogen-bond donors (Lipinski definition) is 1. The first-order valence-electron chi connectivity index (χ1n) is 6.75. The maximum atomic E-state index is 12.9. The van der Waals surface area contributed by atoms with Gasteiger partial charge in [0.25, 0.3) is 0 Å². The number of alkyl halides is 2. The Morgan fingerprint density at radius 1 is 1.13 bits per heavy atom. The summed E-state index contributed by atoms with van der Waals surface area (Å²) in [5.41, 5.74) is 1.57. The fourth-order valence-electron chi connectivity index (χ4n) is 1.87. The maximum Gasteiger partial charge on any atom is 0.387 e. The highest BCUT2D eigenvalue weighted by atomic mass is 32.1. The zero-order valence-electron chi connectivity index (χ0n) is 12.3. The van der Waals surface area contributed by atoms with E-state index in [0.717, 1.165) is 5.56 Å². The predicted octanol–water partition coefficient (Wildman–Crippen LogP) is 4.26. The quantitative estimate of drug-likeness (QED) is 0.822. The van der Waals surface area contributed by atoms with Crippen LogP contribution in [0.2, 0.25) is 0 Å². The van der Waals surface area contributed by atoms with Gasteiger partial charge in [-0.3, -0.25) is 0 Å². The summed E-state index contributed by atoms with van der Waals surface area (Å²) in [4.78, 5) is 1.78. The Labute approximate surface area is 137 Å². The first kappa shape index (κ1) is 17.1. The van der Waals surface area contributed by atoms with Gasteiger partial charge in [0, 0.05) is 19.3 Å². The third-order valence-electron chi connectivity index (χ3n) is 3.01. The number of nitrogens with zero attached hydrogens (tertiary/aromatic N) is 1. The Hall–Kier alpha value is -2.28. The van der Waals surface area contributed by atoms with Gasteiger partial charge in [0.05, 0.1) is 0 Å². The molecule has 0 aliphatic rings. The molecular weight excluding hydrogens is 325 g/mol. The van der Waals surface area contributed by atoms with Crippen LogP contribution in [-0.4, -0.2) is 23.7 Å². The largest absolute Gasteiger partial charge is 0.435 e. The highest BCUT2D eigenvalue weighted by molar-refractivity contribution is 7.80. The molecule has 0 heterocycles. The van der Waals surface area contributed by atoms with Crippen LogP contribution in [0.25, 0.3) is 0 Å². The van der Waals surface area contributed by atoms with Crippen LogP contribution in [0.15, 0.2) is 48.5 Å². The van der Waals surface area contributed by atoms with Crippen molar-refractivity contribution in [1.82, 2.24) is 4.90 Å². The van der Waals surface area contributed by atoms with Crippen LogP contribution in [-0.2, 0) is 6.54 Å². The summed E-state index contributed by atoms with van der Waals surface area (Å²) in [5.74, 6) is -0.209. The van der Waals surface area contributed by atoms with Crippen molar-refractivity contribution in [1.29, 1.82) is 0 Å². The average molecular weight is 340 g/mol. The van der Waals surface area contributed by atoms with Crippen molar-refractivity contribution in [2.24, 2.45) is 0 Å². The first-order valence-corrected chi connectivity index (χ1v) is 7.16. The second kappa shape index (κ2) is 7.82. The van der Waals surface area contributed by atoms with E-state index >= 15 is 0 Å². The standard InChI is InChI=1S/C16H15F3N2OS/c1-21(10-11-2-4-12(17)5-3-11)16(23)20-13-6-8-14(9-7-13)22-15(18)19/h2-9,15H,10H2,1H3,(H,20,23). The Kier molecular flexibility index (Phi) is 5.81. The van der Waals surface area contributed by atoms with Crippen molar-refractivity contribution in [2.75, 3.05) is 12.4 Å². The monoisotopic (exact) mass is 340 g/mol. The molecule has 0 fully saturated rings. The minimum absolute atomic E-state index is 0.0798. The van der Waals surface area contributed by atoms with E-state index in [1.54, 1.807) is 36.2 Å². The van der Waals surface area contributed by atoms with Crippen LogP contribution in [0.4, 0.5) is 18.9 Å². The summed E-state index contributed by atoms with van der Waals surface area (Å²) < 4.78 is 41.3. The van der Waals surface area contributed by atoms with Crippen LogP contribution >= 0.6 is 12.2 Å². The van der Waals surface area contributed by atoms with Gasteiger partial charge in [-0.1, -0.05) is 12.1 Å². The molecule has 7 heteroatoms. The Morgan fingerprint density at radius 3 is 2.30 bits per heavy atom. The minimum atomic E-state index is -2.85. The minimum Gasteiger partial charge on any atom is -0.435 e. The highest BCUT2D eigenvalue weighted by Crippen LogP contribution is 2.18. The third-order valence-corrected chi connectivity index (χ3v) is 3.42. The zero-order chi connectivity index (χ0) is 16.8. The molecule has 2 aromatic rings. The van der Waals surface area contributed by atoms with Gasteiger partial charge in [-0.2, -0.15) is 8.78 Å². The van der Waals surface area contributed by atoms with Gasteiger partial charge in [-0.05, 0) is 54.2 Å². The van der Waals surface area contributed by atoms with Crippen LogP contribution in [0, 0.1) is 5.82 Å². The Morgan fingerprint density at radius 2 is 1.74 bits per heavy atom. The van der Waals surface area contributed by atoms with E-state index in [0.29, 0.717) is 17.3 Å². The van der Waals surface area contributed by atoms with E-state index in [4.69, 9.17) is 12.2 Å². The van der Waals surface area contributed by atoms with Crippen LogP contribution in [0.1, 0.15) is 5.56 Å². The smallest absolute Gasteiger partial charge is 0.387 e. The van der Waals surface area contributed by atoms with E-state index in [9.17, 15) is 13.2 Å². The summed E-state index contributed by atoms with van der Waals surface area (Å²) in [5, 5.41) is 3.45. The molecule has 0 spiro atoms. The SMILES string of the molecule is CN(Cc1ccc(F)cc1)C(=S)Nc1ccc(OC(F)F)cc1. The molecule has 0 saturated heterocycles. The number of rotatable bonds is 5. The van der Waals surface area contributed by atoms with E-state index in [-0.39, 0.29) is 11.6 Å². The van der Waals surface area contributed by atoms with Crippen molar-refractivity contribution >= 4 is 23.0 Å². The van der Waals surface area contributed by atoms with Crippen LogP contribution in [0.5, 0.6) is 5.75 Å². The van der Waals surface area contributed by atoms with Crippen molar-refractivity contribution in [3.05, 3.63) is 59.9 Å². The molecule has 0 aromatic heterocycles. The van der Waals surface area contributed by atoms with Crippen molar-refractivity contribution in [3.63, 3.8) is 0 Å². The average Bonchev–Trinajstić information content (AvgIpc) is 2.51. The summed E-state index contributed by atoms with van der Waals surface area (Å²) in [6, 6.07) is 12.2. The number of anilines is 1. The molecule has 0 aliphatic carbocycles. The third kappa shape index (κ3) is 5.45. The van der Waals surface area contributed by atoms with Gasteiger partial charge < -0.3 is 15.0 Å². The maximum absolute atomic E-state index is 12.9. The molecule has 2 rings (SSSR count). The van der Waals surface area contributed by atoms with E-state index in [1.165, 1.54) is 24.3 Å². The van der Waals surface area contributed by atoms with Crippen molar-refractivity contribution in [2.45, 2.75) is 13.2 Å². The van der Waals surface area contributed by atoms with Gasteiger partial charge in [0.1, 0.15) is 11.6 Å². The first-order chi connectivity index (χ1) is 10.9. The van der Waals surface area contributed by atoms with Crippen molar-refractivity contribution < 1.29 is 17.9 Å². The van der Waals surface area contributed by atoms with Gasteiger partial charge in [0.15, 0.2) is 5.11 Å². The van der Waals surface area contributed by atoms with Gasteiger partial charge >= 0.3 is 6.61 Å². The molecule has 0 unspecified atom stereocenters. The fraction of sp³-hybridized carbons (Fsp3) is 0.188. The summed E-state index contributed by atoms with van der Waals surface area (Å²) >= 11 is 5.28. The lowest BCUT2D eigenvalue weighted by atomic mass is 10.2. The number of ether oxygens (including phenoxy) is 1. The van der Waals surface area contributed by atoms with E-state index < -0.39 is 6.61 Å². The summed E-state index contributed by atoms with van der Waals surface area (Å²) in [7, 11) is 1.80. The number of halogens is 3. The molecule has 0 atom stereocenters. The second-order valence-electron chi connectivity index (χ2n) is 4.82. The molecule has 3 nitrogen and oxygen atoms in total. The van der Waals surface area contributed by atoms with Crippen molar-refractivity contribution in [3.8, 4) is 5.75 Å². The lowest BCUT2D eigenvalue weighted by Crippen LogP contribution is -2.30. The molecule has 0 radical (unpaired) electrons. The van der Waals surface area contributed by atoms with Crippen LogP contribution in [0.3, 0.4) is 0 Å². The predicted molar refractivity (Wildman–Crippen MR) is 87.2 cm³/mol. The van der Waals surface area contributed by atoms with Crippen LogP contribution < -0.4 is 10.1 Å². The topological polar surface area (TPSA) is 24.5 Å². The number of thiocarbonyl (C=S) groups is 1. The normalized spacial score (nSPS) is 10.5. The number of nitrogens with one attached hydrogen (secondary N) is 1. The number of hydrogen-bond acceptors (Lipinski definition) is 2. The van der Waals surface area contributed by atoms with Gasteiger partial charge in [-0.15, -0.1) is 0 Å². The molecule has 0 aliphatic heterocycles. The zero-order valence-corrected chi connectivity index (χ0v) is 13.1. The lowest BCUT2D eigenvalue weighted by Gasteiger charge is -2.21. The second-order valence-corrected chi connectivity index (χ2v) is 5.20. The number of benzene rings is 2. The highest BCUT2D eigenvalue weighted by Gasteiger charge is 2.07. The Balaban J connectivity index is 1.91. The Bertz CT molecular complexity index is 647.